The fourth-order valence-electron chi connectivity index (χ4n) is 2.80. The minimum absolute atomic E-state index is 0.104. The quantitative estimate of drug-likeness (QED) is 0.204. The van der Waals surface area contributed by atoms with Crippen LogP contribution in [0.5, 0.6) is 5.75 Å². The summed E-state index contributed by atoms with van der Waals surface area (Å²) in [5.74, 6) is 0.712. The van der Waals surface area contributed by atoms with Crippen molar-refractivity contribution >= 4 is 5.69 Å². The first-order valence-corrected chi connectivity index (χ1v) is 9.61. The van der Waals surface area contributed by atoms with Crippen molar-refractivity contribution in [3.8, 4) is 5.75 Å². The summed E-state index contributed by atoms with van der Waals surface area (Å²) >= 11 is 0. The van der Waals surface area contributed by atoms with Crippen LogP contribution in [0.15, 0.2) is 24.3 Å². The summed E-state index contributed by atoms with van der Waals surface area (Å²) in [6, 6.07) is 6.30. The highest BCUT2D eigenvalue weighted by molar-refractivity contribution is 5.35. The summed E-state index contributed by atoms with van der Waals surface area (Å²) in [5, 5.41) is 10.6. The zero-order valence-electron chi connectivity index (χ0n) is 15.2. The molecule has 0 radical (unpaired) electrons. The van der Waals surface area contributed by atoms with E-state index in [1.807, 2.05) is 0 Å². The molecule has 4 nitrogen and oxygen atoms in total. The predicted octanol–water partition coefficient (Wildman–Crippen LogP) is 6.67. The van der Waals surface area contributed by atoms with Crippen LogP contribution in [0.3, 0.4) is 0 Å². The van der Waals surface area contributed by atoms with E-state index in [2.05, 4.69) is 6.92 Å². The van der Waals surface area contributed by atoms with E-state index in [9.17, 15) is 10.1 Å². The average Bonchev–Trinajstić information content (AvgIpc) is 2.59. The maximum Gasteiger partial charge on any atom is 0.269 e. The highest BCUT2D eigenvalue weighted by Crippen LogP contribution is 2.18. The van der Waals surface area contributed by atoms with Gasteiger partial charge in [-0.3, -0.25) is 10.1 Å². The van der Waals surface area contributed by atoms with E-state index in [4.69, 9.17) is 4.74 Å². The van der Waals surface area contributed by atoms with Gasteiger partial charge < -0.3 is 4.74 Å². The number of nitrogens with zero attached hydrogens (tertiary/aromatic N) is 1. The number of hydrogen-bond acceptors (Lipinski definition) is 3. The van der Waals surface area contributed by atoms with Crippen molar-refractivity contribution in [2.45, 2.75) is 84.0 Å². The van der Waals surface area contributed by atoms with Crippen molar-refractivity contribution in [2.24, 2.45) is 0 Å². The molecule has 24 heavy (non-hydrogen) atoms. The highest BCUT2D eigenvalue weighted by Gasteiger charge is 2.04. The molecule has 4 heteroatoms. The molecule has 0 spiro atoms. The first-order valence-electron chi connectivity index (χ1n) is 9.61. The van der Waals surface area contributed by atoms with Gasteiger partial charge in [0.2, 0.25) is 0 Å². The molecule has 0 aromatic heterocycles. The van der Waals surface area contributed by atoms with E-state index in [0.29, 0.717) is 12.4 Å². The molecule has 0 N–H and O–H groups in total. The van der Waals surface area contributed by atoms with E-state index in [1.165, 1.54) is 82.8 Å². The number of unbranched alkanes of at least 4 members (excludes halogenated alkanes) is 11. The molecule has 0 heterocycles. The molecular weight excluding hydrogens is 302 g/mol. The molecule has 0 saturated heterocycles. The van der Waals surface area contributed by atoms with Gasteiger partial charge in [-0.15, -0.1) is 0 Å². The summed E-state index contributed by atoms with van der Waals surface area (Å²) in [6.07, 6.45) is 15.9. The van der Waals surface area contributed by atoms with Gasteiger partial charge in [0.25, 0.3) is 5.69 Å². The maximum absolute atomic E-state index is 10.6. The van der Waals surface area contributed by atoms with Gasteiger partial charge in [0.05, 0.1) is 11.5 Å². The second-order valence-corrected chi connectivity index (χ2v) is 6.49. The van der Waals surface area contributed by atoms with Crippen LogP contribution < -0.4 is 4.74 Å². The lowest BCUT2D eigenvalue weighted by molar-refractivity contribution is -0.384. The van der Waals surface area contributed by atoms with Gasteiger partial charge in [-0.05, 0) is 18.6 Å². The Morgan fingerprint density at radius 1 is 0.792 bits per heavy atom. The fraction of sp³-hybridized carbons (Fsp3) is 0.700. The number of benzene rings is 1. The van der Waals surface area contributed by atoms with Crippen molar-refractivity contribution in [1.82, 2.24) is 0 Å². The van der Waals surface area contributed by atoms with Gasteiger partial charge in [0, 0.05) is 12.1 Å². The van der Waals surface area contributed by atoms with Crippen molar-refractivity contribution < 1.29 is 9.66 Å². The summed E-state index contributed by atoms with van der Waals surface area (Å²) < 4.78 is 5.61. The number of ether oxygens (including phenoxy) is 1. The van der Waals surface area contributed by atoms with Gasteiger partial charge in [-0.1, -0.05) is 77.6 Å². The van der Waals surface area contributed by atoms with Gasteiger partial charge in [0.15, 0.2) is 0 Å². The second-order valence-electron chi connectivity index (χ2n) is 6.49. The van der Waals surface area contributed by atoms with Crippen LogP contribution in [0, 0.1) is 10.1 Å². The van der Waals surface area contributed by atoms with Crippen LogP contribution in [-0.4, -0.2) is 11.5 Å². The molecule has 1 rings (SSSR count). The van der Waals surface area contributed by atoms with E-state index in [-0.39, 0.29) is 5.69 Å². The van der Waals surface area contributed by atoms with Crippen molar-refractivity contribution in [2.75, 3.05) is 6.61 Å². The van der Waals surface area contributed by atoms with Crippen LogP contribution in [0.4, 0.5) is 5.69 Å². The lowest BCUT2D eigenvalue weighted by Gasteiger charge is -2.06. The molecule has 136 valence electrons. The van der Waals surface area contributed by atoms with Crippen LogP contribution in [-0.2, 0) is 0 Å². The van der Waals surface area contributed by atoms with Crippen molar-refractivity contribution in [1.29, 1.82) is 0 Å². The lowest BCUT2D eigenvalue weighted by Crippen LogP contribution is -1.97. The van der Waals surface area contributed by atoms with E-state index < -0.39 is 4.92 Å². The van der Waals surface area contributed by atoms with Gasteiger partial charge in [0.1, 0.15) is 5.75 Å². The molecule has 0 aliphatic heterocycles. The Morgan fingerprint density at radius 2 is 1.25 bits per heavy atom. The fourth-order valence-corrected chi connectivity index (χ4v) is 2.80. The largest absolute Gasteiger partial charge is 0.494 e. The Kier molecular flexibility index (Phi) is 11.8. The number of non-ortho nitro benzene ring substituents is 1. The van der Waals surface area contributed by atoms with E-state index >= 15 is 0 Å². The molecule has 1 aromatic rings. The number of rotatable bonds is 15. The van der Waals surface area contributed by atoms with Gasteiger partial charge >= 0.3 is 0 Å². The monoisotopic (exact) mass is 335 g/mol. The Morgan fingerprint density at radius 3 is 1.71 bits per heavy atom. The second kappa shape index (κ2) is 13.8. The molecular formula is C20H33NO3. The first kappa shape index (κ1) is 20.5. The minimum Gasteiger partial charge on any atom is -0.494 e. The lowest BCUT2D eigenvalue weighted by atomic mass is 10.1. The van der Waals surface area contributed by atoms with Crippen LogP contribution in [0.25, 0.3) is 0 Å². The summed E-state index contributed by atoms with van der Waals surface area (Å²) in [4.78, 5) is 10.2. The minimum atomic E-state index is -0.394. The number of nitro groups is 1. The Labute approximate surface area is 146 Å². The molecule has 0 atom stereocenters. The number of nitro benzene ring substituents is 1. The smallest absolute Gasteiger partial charge is 0.269 e. The zero-order valence-corrected chi connectivity index (χ0v) is 15.2. The third-order valence-electron chi connectivity index (χ3n) is 4.31. The molecule has 1 aromatic carbocycles. The summed E-state index contributed by atoms with van der Waals surface area (Å²) in [6.45, 7) is 2.95. The maximum atomic E-state index is 10.6. The molecule has 0 unspecified atom stereocenters. The molecule has 0 saturated carbocycles. The van der Waals surface area contributed by atoms with Crippen LogP contribution in [0.2, 0.25) is 0 Å². The first-order chi connectivity index (χ1) is 11.7. The van der Waals surface area contributed by atoms with Crippen LogP contribution >= 0.6 is 0 Å². The molecule has 0 bridgehead atoms. The van der Waals surface area contributed by atoms with Crippen molar-refractivity contribution in [3.63, 3.8) is 0 Å². The summed E-state index contributed by atoms with van der Waals surface area (Å²) in [5.41, 5.74) is 0.104. The Balaban J connectivity index is 1.87. The van der Waals surface area contributed by atoms with E-state index in [0.717, 1.165) is 6.42 Å². The molecule has 0 aliphatic rings. The third kappa shape index (κ3) is 10.2. The number of hydrogen-bond donors (Lipinski definition) is 0. The normalized spacial score (nSPS) is 10.7. The molecule has 0 aliphatic carbocycles. The van der Waals surface area contributed by atoms with Crippen molar-refractivity contribution in [3.05, 3.63) is 34.4 Å². The average molecular weight is 335 g/mol. The third-order valence-corrected chi connectivity index (χ3v) is 4.31. The summed E-state index contributed by atoms with van der Waals surface area (Å²) in [7, 11) is 0. The molecule has 0 amide bonds. The topological polar surface area (TPSA) is 52.4 Å². The Bertz CT molecular complexity index is 431. The SMILES string of the molecule is CCCCCCCCCCCCCCOc1ccc([N+](=O)[O-])cc1. The van der Waals surface area contributed by atoms with E-state index in [1.54, 1.807) is 12.1 Å². The standard InChI is InChI=1S/C20H33NO3/c1-2-3-4-5-6-7-8-9-10-11-12-13-18-24-20-16-14-19(15-17-20)21(22)23/h14-17H,2-13,18H2,1H3. The Hall–Kier alpha value is -1.58. The zero-order chi connectivity index (χ0) is 17.5. The molecule has 0 fully saturated rings. The van der Waals surface area contributed by atoms with Gasteiger partial charge in [-0.25, -0.2) is 0 Å². The predicted molar refractivity (Wildman–Crippen MR) is 99.7 cm³/mol. The highest BCUT2D eigenvalue weighted by atomic mass is 16.6. The van der Waals surface area contributed by atoms with Gasteiger partial charge in [-0.2, -0.15) is 0 Å². The van der Waals surface area contributed by atoms with Crippen LogP contribution in [0.1, 0.15) is 84.0 Å².